The normalized spacial score (nSPS) is 33.5. The van der Waals surface area contributed by atoms with E-state index in [-0.39, 0.29) is 11.4 Å². The Bertz CT molecular complexity index is 659. The highest BCUT2D eigenvalue weighted by Crippen LogP contribution is 2.41. The molecular formula is C10H15N4O8P. The van der Waals surface area contributed by atoms with Gasteiger partial charge in [-0.3, -0.25) is 9.62 Å². The summed E-state index contributed by atoms with van der Waals surface area (Å²) in [7, 11) is -4.73. The molecule has 1 fully saturated rings. The number of nitrogens with one attached hydrogen (secondary N) is 2. The summed E-state index contributed by atoms with van der Waals surface area (Å²) >= 11 is 0. The van der Waals surface area contributed by atoms with Gasteiger partial charge in [0.2, 0.25) is 0 Å². The second kappa shape index (κ2) is 5.92. The highest BCUT2D eigenvalue weighted by Gasteiger charge is 2.46. The number of H-pyrrole nitrogens is 1. The molecule has 128 valence electrons. The number of aromatic nitrogens is 2. The summed E-state index contributed by atoms with van der Waals surface area (Å²) in [5.74, 6) is 0. The van der Waals surface area contributed by atoms with Gasteiger partial charge >= 0.3 is 7.82 Å². The zero-order chi connectivity index (χ0) is 16.8. The van der Waals surface area contributed by atoms with Gasteiger partial charge in [0.1, 0.15) is 35.8 Å². The summed E-state index contributed by atoms with van der Waals surface area (Å²) < 4.78 is 20.4. The van der Waals surface area contributed by atoms with Crippen molar-refractivity contribution in [1.29, 1.82) is 0 Å². The molecule has 0 unspecified atom stereocenters. The second-order valence-corrected chi connectivity index (χ2v) is 6.30. The number of nitrogens with zero attached hydrogens (tertiary/aromatic N) is 2. The van der Waals surface area contributed by atoms with Crippen LogP contribution in [-0.4, -0.2) is 66.6 Å². The Hall–Kier alpha value is -1.37. The van der Waals surface area contributed by atoms with Crippen LogP contribution < -0.4 is 5.32 Å². The number of hydrogen-bond donors (Lipinski definition) is 7. The molecule has 2 aliphatic rings. The monoisotopic (exact) mass is 350 g/mol. The molecule has 23 heavy (non-hydrogen) atoms. The van der Waals surface area contributed by atoms with Crippen LogP contribution in [0.2, 0.25) is 0 Å². The Morgan fingerprint density at radius 1 is 1.30 bits per heavy atom. The zero-order valence-electron chi connectivity index (χ0n) is 11.5. The standard InChI is InChI=1S/C10H15N4O8P/c15-7-3(1-21-23(18,19)20)22-9(8(7)16)5-4-6(14-13-5)10(17)12-2-11-4/h2-3,7-10,15-17H,1H2,(H,11,12)(H,13,14)(H2,18,19,20)/t3-,7-,8-,9+,10+/m1/s1. The van der Waals surface area contributed by atoms with Crippen LogP contribution in [0.15, 0.2) is 4.99 Å². The number of rotatable bonds is 4. The molecule has 0 radical (unpaired) electrons. The second-order valence-electron chi connectivity index (χ2n) is 5.06. The van der Waals surface area contributed by atoms with E-state index in [1.54, 1.807) is 0 Å². The van der Waals surface area contributed by atoms with E-state index in [9.17, 15) is 19.9 Å². The molecule has 13 heteroatoms. The van der Waals surface area contributed by atoms with E-state index in [1.165, 1.54) is 6.34 Å². The minimum absolute atomic E-state index is 0.190. The van der Waals surface area contributed by atoms with Gasteiger partial charge in [-0.25, -0.2) is 9.56 Å². The van der Waals surface area contributed by atoms with Crippen molar-refractivity contribution >= 4 is 19.8 Å². The van der Waals surface area contributed by atoms with Crippen molar-refractivity contribution in [2.45, 2.75) is 30.6 Å². The van der Waals surface area contributed by atoms with Crippen LogP contribution >= 0.6 is 7.82 Å². The van der Waals surface area contributed by atoms with Gasteiger partial charge in [-0.1, -0.05) is 0 Å². The van der Waals surface area contributed by atoms with E-state index in [0.717, 1.165) is 0 Å². The van der Waals surface area contributed by atoms with Gasteiger partial charge in [0.05, 0.1) is 18.6 Å². The van der Waals surface area contributed by atoms with E-state index in [4.69, 9.17) is 14.5 Å². The molecule has 1 aromatic heterocycles. The van der Waals surface area contributed by atoms with Gasteiger partial charge in [-0.05, 0) is 0 Å². The molecule has 3 rings (SSSR count). The van der Waals surface area contributed by atoms with E-state index >= 15 is 0 Å². The lowest BCUT2D eigenvalue weighted by molar-refractivity contribution is -0.0233. The number of fused-ring (bicyclic) bond motifs is 1. The first-order valence-corrected chi connectivity index (χ1v) is 8.07. The minimum atomic E-state index is -4.73. The van der Waals surface area contributed by atoms with Crippen molar-refractivity contribution in [1.82, 2.24) is 10.2 Å². The zero-order valence-corrected chi connectivity index (χ0v) is 12.4. The molecule has 5 atom stereocenters. The number of hydrogen-bond acceptors (Lipinski definition) is 9. The first kappa shape index (κ1) is 16.5. The number of aliphatic hydroxyl groups excluding tert-OH is 3. The van der Waals surface area contributed by atoms with Gasteiger partial charge in [-0.2, -0.15) is 5.10 Å². The number of aromatic amines is 1. The van der Waals surface area contributed by atoms with Crippen molar-refractivity contribution in [3.63, 3.8) is 0 Å². The molecule has 0 aromatic carbocycles. The molecule has 12 nitrogen and oxygen atoms in total. The summed E-state index contributed by atoms with van der Waals surface area (Å²) in [5.41, 5.74) is 0.804. The summed E-state index contributed by atoms with van der Waals surface area (Å²) in [5, 5.41) is 39.0. The summed E-state index contributed by atoms with van der Waals surface area (Å²) in [4.78, 5) is 21.1. The summed E-state index contributed by atoms with van der Waals surface area (Å²) in [6.45, 7) is -0.608. The SMILES string of the molecule is O=P(O)(O)OC[C@H]1O[C@@H](c2n[nH]c3c2NC=N[C@H]3O)[C@H](O)[C@@H]1O. The van der Waals surface area contributed by atoms with E-state index in [2.05, 4.69) is 25.0 Å². The van der Waals surface area contributed by atoms with Crippen LogP contribution in [0.3, 0.4) is 0 Å². The Labute approximate surface area is 129 Å². The number of aliphatic imine (C=N–C) groups is 1. The fourth-order valence-corrected chi connectivity index (χ4v) is 2.79. The minimum Gasteiger partial charge on any atom is -0.387 e. The van der Waals surface area contributed by atoms with Crippen molar-refractivity contribution in [3.05, 3.63) is 11.4 Å². The third kappa shape index (κ3) is 3.16. The van der Waals surface area contributed by atoms with E-state index in [1.807, 2.05) is 0 Å². The first-order valence-electron chi connectivity index (χ1n) is 6.54. The van der Waals surface area contributed by atoms with Crippen LogP contribution in [0, 0.1) is 0 Å². The third-order valence-electron chi connectivity index (χ3n) is 3.54. The Balaban J connectivity index is 1.78. The predicted molar refractivity (Wildman–Crippen MR) is 73.3 cm³/mol. The van der Waals surface area contributed by atoms with Crippen molar-refractivity contribution < 1.29 is 38.9 Å². The average molecular weight is 350 g/mol. The van der Waals surface area contributed by atoms with E-state index < -0.39 is 45.1 Å². The molecule has 0 spiro atoms. The lowest BCUT2D eigenvalue weighted by Gasteiger charge is -2.17. The lowest BCUT2D eigenvalue weighted by atomic mass is 10.0. The third-order valence-corrected chi connectivity index (χ3v) is 4.03. The smallest absolute Gasteiger partial charge is 0.387 e. The van der Waals surface area contributed by atoms with Crippen LogP contribution in [0.5, 0.6) is 0 Å². The van der Waals surface area contributed by atoms with Crippen LogP contribution in [0.4, 0.5) is 5.69 Å². The Morgan fingerprint density at radius 2 is 2.04 bits per heavy atom. The quantitative estimate of drug-likeness (QED) is 0.303. The van der Waals surface area contributed by atoms with Gasteiger partial charge in [-0.15, -0.1) is 0 Å². The van der Waals surface area contributed by atoms with Gasteiger partial charge in [0.25, 0.3) is 0 Å². The molecule has 3 heterocycles. The van der Waals surface area contributed by atoms with Gasteiger partial charge in [0.15, 0.2) is 6.23 Å². The number of aliphatic hydroxyl groups is 3. The van der Waals surface area contributed by atoms with Crippen molar-refractivity contribution in [2.24, 2.45) is 4.99 Å². The fourth-order valence-electron chi connectivity index (χ4n) is 2.44. The highest BCUT2D eigenvalue weighted by molar-refractivity contribution is 7.46. The molecule has 0 bridgehead atoms. The average Bonchev–Trinajstić information content (AvgIpc) is 3.01. The maximum atomic E-state index is 10.7. The molecule has 7 N–H and O–H groups in total. The van der Waals surface area contributed by atoms with Gasteiger partial charge in [0, 0.05) is 0 Å². The molecule has 1 saturated heterocycles. The molecule has 0 aliphatic carbocycles. The Morgan fingerprint density at radius 3 is 2.74 bits per heavy atom. The van der Waals surface area contributed by atoms with Crippen molar-refractivity contribution in [3.8, 4) is 0 Å². The maximum Gasteiger partial charge on any atom is 0.469 e. The molecular weight excluding hydrogens is 335 g/mol. The lowest BCUT2D eigenvalue weighted by Crippen LogP contribution is -2.33. The Kier molecular flexibility index (Phi) is 4.25. The molecule has 0 amide bonds. The fraction of sp³-hybridized carbons (Fsp3) is 0.600. The van der Waals surface area contributed by atoms with Crippen LogP contribution in [-0.2, 0) is 13.8 Å². The number of phosphoric acid groups is 1. The number of anilines is 1. The first-order chi connectivity index (χ1) is 10.8. The summed E-state index contributed by atoms with van der Waals surface area (Å²) in [6, 6.07) is 0. The molecule has 1 aromatic rings. The topological polar surface area (TPSA) is 190 Å². The largest absolute Gasteiger partial charge is 0.469 e. The van der Waals surface area contributed by atoms with Crippen molar-refractivity contribution in [2.75, 3.05) is 11.9 Å². The molecule has 2 aliphatic heterocycles. The van der Waals surface area contributed by atoms with Gasteiger partial charge < -0.3 is 35.2 Å². The highest BCUT2D eigenvalue weighted by atomic mass is 31.2. The van der Waals surface area contributed by atoms with Crippen LogP contribution in [0.1, 0.15) is 23.7 Å². The van der Waals surface area contributed by atoms with Crippen LogP contribution in [0.25, 0.3) is 0 Å². The maximum absolute atomic E-state index is 10.7. The van der Waals surface area contributed by atoms with E-state index in [0.29, 0.717) is 5.69 Å². The summed E-state index contributed by atoms with van der Waals surface area (Å²) in [6.07, 6.45) is -4.96. The number of ether oxygens (including phenoxy) is 1. The molecule has 0 saturated carbocycles. The predicted octanol–water partition coefficient (Wildman–Crippen LogP) is -1.87. The number of phosphoric ester groups is 1.